The predicted molar refractivity (Wildman–Crippen MR) is 98.5 cm³/mol. The third-order valence-corrected chi connectivity index (χ3v) is 4.66. The van der Waals surface area contributed by atoms with E-state index in [0.29, 0.717) is 17.9 Å². The lowest BCUT2D eigenvalue weighted by Gasteiger charge is -2.13. The summed E-state index contributed by atoms with van der Waals surface area (Å²) in [5.41, 5.74) is 4.45. The van der Waals surface area contributed by atoms with Gasteiger partial charge in [-0.1, -0.05) is 18.2 Å². The van der Waals surface area contributed by atoms with Gasteiger partial charge in [0, 0.05) is 17.9 Å². The third kappa shape index (κ3) is 3.52. The van der Waals surface area contributed by atoms with Crippen LogP contribution in [0.4, 0.5) is 14.5 Å². The van der Waals surface area contributed by atoms with Crippen LogP contribution in [0, 0.1) is 32.4 Å². The summed E-state index contributed by atoms with van der Waals surface area (Å²) in [7, 11) is 0. The molecule has 0 saturated heterocycles. The first-order valence-electron chi connectivity index (χ1n) is 8.34. The van der Waals surface area contributed by atoms with Gasteiger partial charge in [0.25, 0.3) is 5.91 Å². The fourth-order valence-electron chi connectivity index (χ4n) is 3.09. The molecule has 0 fully saturated rings. The van der Waals surface area contributed by atoms with Gasteiger partial charge in [-0.15, -0.1) is 0 Å². The molecule has 26 heavy (non-hydrogen) atoms. The molecule has 3 aromatic rings. The van der Waals surface area contributed by atoms with Crippen molar-refractivity contribution < 1.29 is 13.6 Å². The van der Waals surface area contributed by atoms with E-state index in [1.165, 1.54) is 24.3 Å². The smallest absolute Gasteiger partial charge is 0.272 e. The van der Waals surface area contributed by atoms with Crippen molar-refractivity contribution in [3.05, 3.63) is 88.2 Å². The molecular weight excluding hydrogens is 334 g/mol. The van der Waals surface area contributed by atoms with Gasteiger partial charge in [0.2, 0.25) is 0 Å². The van der Waals surface area contributed by atoms with Crippen LogP contribution in [-0.4, -0.2) is 10.5 Å². The van der Waals surface area contributed by atoms with Crippen LogP contribution < -0.4 is 5.32 Å². The van der Waals surface area contributed by atoms with Crippen LogP contribution >= 0.6 is 0 Å². The first kappa shape index (κ1) is 17.9. The lowest BCUT2D eigenvalue weighted by molar-refractivity contribution is 0.101. The van der Waals surface area contributed by atoms with Gasteiger partial charge >= 0.3 is 0 Å². The average Bonchev–Trinajstić information content (AvgIpc) is 2.79. The molecule has 0 aliphatic rings. The van der Waals surface area contributed by atoms with Gasteiger partial charge in [0.15, 0.2) is 0 Å². The monoisotopic (exact) mass is 354 g/mol. The third-order valence-electron chi connectivity index (χ3n) is 4.66. The van der Waals surface area contributed by atoms with E-state index in [0.717, 1.165) is 22.4 Å². The number of anilines is 1. The summed E-state index contributed by atoms with van der Waals surface area (Å²) in [5, 5.41) is 2.74. The number of carbonyl (C=O) groups excluding carboxylic acids is 1. The highest BCUT2D eigenvalue weighted by molar-refractivity contribution is 6.04. The van der Waals surface area contributed by atoms with Crippen LogP contribution in [0.2, 0.25) is 0 Å². The number of nitrogens with zero attached hydrogens (tertiary/aromatic N) is 1. The molecule has 3 nitrogen and oxygen atoms in total. The zero-order valence-electron chi connectivity index (χ0n) is 14.9. The molecule has 1 amide bonds. The van der Waals surface area contributed by atoms with Crippen LogP contribution in [0.15, 0.2) is 48.5 Å². The van der Waals surface area contributed by atoms with Crippen LogP contribution in [0.1, 0.15) is 32.9 Å². The normalized spacial score (nSPS) is 10.8. The summed E-state index contributed by atoms with van der Waals surface area (Å²) < 4.78 is 28.8. The Bertz CT molecular complexity index is 976. The van der Waals surface area contributed by atoms with Crippen molar-refractivity contribution in [3.63, 3.8) is 0 Å². The Morgan fingerprint density at radius 2 is 1.62 bits per heavy atom. The highest BCUT2D eigenvalue weighted by Crippen LogP contribution is 2.24. The topological polar surface area (TPSA) is 34.0 Å². The van der Waals surface area contributed by atoms with E-state index >= 15 is 0 Å². The van der Waals surface area contributed by atoms with Gasteiger partial charge < -0.3 is 9.88 Å². The maximum Gasteiger partial charge on any atom is 0.272 e. The van der Waals surface area contributed by atoms with Crippen molar-refractivity contribution in [2.75, 3.05) is 5.32 Å². The number of amides is 1. The SMILES string of the molecule is Cc1c(C)c(C(=O)Nc2cccc(F)c2)n(Cc2cccc(F)c2)c1C. The first-order valence-corrected chi connectivity index (χ1v) is 8.34. The minimum atomic E-state index is -0.415. The summed E-state index contributed by atoms with van der Waals surface area (Å²) in [4.78, 5) is 12.9. The average molecular weight is 354 g/mol. The van der Waals surface area contributed by atoms with Crippen LogP contribution in [0.25, 0.3) is 0 Å². The molecule has 3 rings (SSSR count). The number of halogens is 2. The Morgan fingerprint density at radius 1 is 0.962 bits per heavy atom. The zero-order valence-corrected chi connectivity index (χ0v) is 14.9. The van der Waals surface area contributed by atoms with Crippen molar-refractivity contribution in [1.82, 2.24) is 4.57 Å². The molecule has 1 heterocycles. The summed E-state index contributed by atoms with van der Waals surface area (Å²) >= 11 is 0. The second kappa shape index (κ2) is 7.12. The van der Waals surface area contributed by atoms with Crippen molar-refractivity contribution in [1.29, 1.82) is 0 Å². The van der Waals surface area contributed by atoms with E-state index in [-0.39, 0.29) is 11.7 Å². The molecule has 2 aromatic carbocycles. The molecule has 1 aromatic heterocycles. The Hall–Kier alpha value is -2.95. The van der Waals surface area contributed by atoms with Gasteiger partial charge in [-0.05, 0) is 67.8 Å². The van der Waals surface area contributed by atoms with Crippen molar-refractivity contribution in [3.8, 4) is 0 Å². The highest BCUT2D eigenvalue weighted by Gasteiger charge is 2.21. The Morgan fingerprint density at radius 3 is 2.27 bits per heavy atom. The summed E-state index contributed by atoms with van der Waals surface area (Å²) in [6, 6.07) is 12.1. The van der Waals surface area contributed by atoms with Gasteiger partial charge in [0.05, 0.1) is 0 Å². The van der Waals surface area contributed by atoms with Crippen LogP contribution in [0.5, 0.6) is 0 Å². The fraction of sp³-hybridized carbons (Fsp3) is 0.190. The first-order chi connectivity index (χ1) is 12.4. The van der Waals surface area contributed by atoms with Crippen LogP contribution in [-0.2, 0) is 6.54 Å². The molecule has 0 saturated carbocycles. The lowest BCUT2D eigenvalue weighted by Crippen LogP contribution is -2.19. The lowest BCUT2D eigenvalue weighted by atomic mass is 10.1. The highest BCUT2D eigenvalue weighted by atomic mass is 19.1. The van der Waals surface area contributed by atoms with E-state index in [2.05, 4.69) is 5.32 Å². The van der Waals surface area contributed by atoms with E-state index < -0.39 is 5.82 Å². The number of hydrogen-bond acceptors (Lipinski definition) is 1. The standard InChI is InChI=1S/C21H20F2N2O/c1-13-14(2)20(21(26)24-19-9-5-8-18(23)11-19)25(15(13)3)12-16-6-4-7-17(22)10-16/h4-11H,12H2,1-3H3,(H,24,26). The van der Waals surface area contributed by atoms with Gasteiger partial charge in [-0.25, -0.2) is 8.78 Å². The fourth-order valence-corrected chi connectivity index (χ4v) is 3.09. The van der Waals surface area contributed by atoms with Crippen molar-refractivity contribution >= 4 is 11.6 Å². The molecule has 5 heteroatoms. The van der Waals surface area contributed by atoms with Gasteiger partial charge in [-0.2, -0.15) is 0 Å². The summed E-state index contributed by atoms with van der Waals surface area (Å²) in [6.07, 6.45) is 0. The maximum absolute atomic E-state index is 13.5. The molecule has 0 bridgehead atoms. The minimum absolute atomic E-state index is 0.313. The van der Waals surface area contributed by atoms with E-state index in [1.54, 1.807) is 18.2 Å². The van der Waals surface area contributed by atoms with E-state index in [4.69, 9.17) is 0 Å². The molecule has 0 unspecified atom stereocenters. The number of carbonyl (C=O) groups is 1. The van der Waals surface area contributed by atoms with Gasteiger partial charge in [0.1, 0.15) is 17.3 Å². The molecule has 0 spiro atoms. The second-order valence-electron chi connectivity index (χ2n) is 6.36. The molecule has 0 aliphatic heterocycles. The largest absolute Gasteiger partial charge is 0.336 e. The number of benzene rings is 2. The number of aromatic nitrogens is 1. The Labute approximate surface area is 151 Å². The van der Waals surface area contributed by atoms with Gasteiger partial charge in [-0.3, -0.25) is 4.79 Å². The number of nitrogens with one attached hydrogen (secondary N) is 1. The molecular formula is C21H20F2N2O. The van der Waals surface area contributed by atoms with Crippen LogP contribution in [0.3, 0.4) is 0 Å². The maximum atomic E-state index is 13.5. The quantitative estimate of drug-likeness (QED) is 0.703. The van der Waals surface area contributed by atoms with E-state index in [1.807, 2.05) is 31.4 Å². The minimum Gasteiger partial charge on any atom is -0.336 e. The molecule has 1 N–H and O–H groups in total. The van der Waals surface area contributed by atoms with E-state index in [9.17, 15) is 13.6 Å². The molecule has 0 atom stereocenters. The Kier molecular flexibility index (Phi) is 4.89. The summed E-state index contributed by atoms with van der Waals surface area (Å²) in [6.45, 7) is 6.14. The summed E-state index contributed by atoms with van der Waals surface area (Å²) in [5.74, 6) is -1.05. The Balaban J connectivity index is 1.98. The predicted octanol–water partition coefficient (Wildman–Crippen LogP) is 4.99. The molecule has 0 aliphatic carbocycles. The second-order valence-corrected chi connectivity index (χ2v) is 6.36. The number of rotatable bonds is 4. The number of hydrogen-bond donors (Lipinski definition) is 1. The zero-order chi connectivity index (χ0) is 18.8. The van der Waals surface area contributed by atoms with Crippen molar-refractivity contribution in [2.45, 2.75) is 27.3 Å². The molecule has 0 radical (unpaired) electrons. The molecule has 134 valence electrons. The van der Waals surface area contributed by atoms with Crippen molar-refractivity contribution in [2.24, 2.45) is 0 Å².